The van der Waals surface area contributed by atoms with Crippen LogP contribution in [0.1, 0.15) is 44.1 Å². The molecular weight excluding hydrogens is 186 g/mol. The second kappa shape index (κ2) is 4.79. The van der Waals surface area contributed by atoms with Crippen LogP contribution in [0.5, 0.6) is 0 Å². The molecule has 0 bridgehead atoms. The maximum atomic E-state index is 4.54. The van der Waals surface area contributed by atoms with Crippen LogP contribution in [0, 0.1) is 6.92 Å². The van der Waals surface area contributed by atoms with Crippen LogP contribution in [0.15, 0.2) is 6.20 Å². The van der Waals surface area contributed by atoms with Gasteiger partial charge in [0.05, 0.1) is 12.2 Å². The molecule has 84 valence electrons. The van der Waals surface area contributed by atoms with Gasteiger partial charge in [0, 0.05) is 18.8 Å². The average Bonchev–Trinajstić information content (AvgIpc) is 2.83. The highest BCUT2D eigenvalue weighted by atomic mass is 15.1. The lowest BCUT2D eigenvalue weighted by Crippen LogP contribution is -2.26. The number of rotatable bonds is 4. The van der Waals surface area contributed by atoms with Crippen molar-refractivity contribution in [2.75, 3.05) is 0 Å². The van der Waals surface area contributed by atoms with Crippen LogP contribution in [0.2, 0.25) is 0 Å². The molecule has 1 aliphatic rings. The SMILES string of the molecule is CCn1cc(C)nc1CNC1CCCC1. The Kier molecular flexibility index (Phi) is 3.41. The first kappa shape index (κ1) is 10.7. The van der Waals surface area contributed by atoms with E-state index in [-0.39, 0.29) is 0 Å². The van der Waals surface area contributed by atoms with Crippen LogP contribution in [-0.2, 0) is 13.1 Å². The van der Waals surface area contributed by atoms with E-state index in [2.05, 4.69) is 34.9 Å². The number of imidazole rings is 1. The monoisotopic (exact) mass is 207 g/mol. The van der Waals surface area contributed by atoms with Crippen LogP contribution >= 0.6 is 0 Å². The molecule has 3 heteroatoms. The lowest BCUT2D eigenvalue weighted by atomic mass is 10.2. The summed E-state index contributed by atoms with van der Waals surface area (Å²) in [7, 11) is 0. The maximum Gasteiger partial charge on any atom is 0.122 e. The third kappa shape index (κ3) is 2.59. The quantitative estimate of drug-likeness (QED) is 0.820. The van der Waals surface area contributed by atoms with E-state index in [1.165, 1.54) is 31.5 Å². The molecule has 0 atom stereocenters. The molecule has 1 saturated carbocycles. The smallest absolute Gasteiger partial charge is 0.122 e. The normalized spacial score (nSPS) is 17.5. The molecule has 1 aromatic rings. The maximum absolute atomic E-state index is 4.54. The summed E-state index contributed by atoms with van der Waals surface area (Å²) in [4.78, 5) is 4.54. The molecule has 2 rings (SSSR count). The predicted molar refractivity (Wildman–Crippen MR) is 61.7 cm³/mol. The van der Waals surface area contributed by atoms with Gasteiger partial charge in [-0.25, -0.2) is 4.98 Å². The molecule has 0 saturated heterocycles. The van der Waals surface area contributed by atoms with Gasteiger partial charge in [0.2, 0.25) is 0 Å². The van der Waals surface area contributed by atoms with Crippen molar-refractivity contribution in [3.8, 4) is 0 Å². The topological polar surface area (TPSA) is 29.9 Å². The van der Waals surface area contributed by atoms with Gasteiger partial charge in [-0.15, -0.1) is 0 Å². The van der Waals surface area contributed by atoms with Crippen molar-refractivity contribution in [3.05, 3.63) is 17.7 Å². The summed E-state index contributed by atoms with van der Waals surface area (Å²) in [5, 5.41) is 3.60. The van der Waals surface area contributed by atoms with E-state index in [4.69, 9.17) is 0 Å². The highest BCUT2D eigenvalue weighted by molar-refractivity contribution is 5.02. The molecule has 0 aromatic carbocycles. The Hall–Kier alpha value is -0.830. The molecule has 1 aliphatic carbocycles. The van der Waals surface area contributed by atoms with Gasteiger partial charge in [0.15, 0.2) is 0 Å². The lowest BCUT2D eigenvalue weighted by Gasteiger charge is -2.11. The second-order valence-electron chi connectivity index (χ2n) is 4.45. The van der Waals surface area contributed by atoms with Crippen molar-refractivity contribution in [2.45, 2.75) is 58.7 Å². The molecule has 1 heterocycles. The van der Waals surface area contributed by atoms with Gasteiger partial charge in [-0.3, -0.25) is 0 Å². The summed E-state index contributed by atoms with van der Waals surface area (Å²) in [6.45, 7) is 6.17. The predicted octanol–water partition coefficient (Wildman–Crippen LogP) is 2.24. The third-order valence-electron chi connectivity index (χ3n) is 3.22. The first-order chi connectivity index (χ1) is 7.29. The molecule has 1 N–H and O–H groups in total. The largest absolute Gasteiger partial charge is 0.334 e. The molecule has 0 spiro atoms. The molecule has 15 heavy (non-hydrogen) atoms. The number of hydrogen-bond donors (Lipinski definition) is 1. The van der Waals surface area contributed by atoms with Crippen molar-refractivity contribution in [3.63, 3.8) is 0 Å². The number of aromatic nitrogens is 2. The van der Waals surface area contributed by atoms with E-state index in [9.17, 15) is 0 Å². The van der Waals surface area contributed by atoms with Gasteiger partial charge in [0.1, 0.15) is 5.82 Å². The zero-order valence-corrected chi connectivity index (χ0v) is 9.79. The molecule has 1 fully saturated rings. The minimum Gasteiger partial charge on any atom is -0.334 e. The summed E-state index contributed by atoms with van der Waals surface area (Å²) in [6, 6.07) is 0.729. The van der Waals surface area contributed by atoms with Gasteiger partial charge < -0.3 is 9.88 Å². The van der Waals surface area contributed by atoms with E-state index >= 15 is 0 Å². The third-order valence-corrected chi connectivity index (χ3v) is 3.22. The lowest BCUT2D eigenvalue weighted by molar-refractivity contribution is 0.502. The van der Waals surface area contributed by atoms with Crippen LogP contribution in [0.25, 0.3) is 0 Å². The minimum atomic E-state index is 0.729. The van der Waals surface area contributed by atoms with Gasteiger partial charge >= 0.3 is 0 Å². The minimum absolute atomic E-state index is 0.729. The summed E-state index contributed by atoms with van der Waals surface area (Å²) in [5.74, 6) is 1.18. The molecule has 3 nitrogen and oxygen atoms in total. The molecule has 0 amide bonds. The number of hydrogen-bond acceptors (Lipinski definition) is 2. The second-order valence-corrected chi connectivity index (χ2v) is 4.45. The Morgan fingerprint density at radius 2 is 2.20 bits per heavy atom. The number of nitrogens with one attached hydrogen (secondary N) is 1. The van der Waals surface area contributed by atoms with Crippen LogP contribution < -0.4 is 5.32 Å². The highest BCUT2D eigenvalue weighted by Gasteiger charge is 2.14. The van der Waals surface area contributed by atoms with Gasteiger partial charge in [-0.2, -0.15) is 0 Å². The fourth-order valence-corrected chi connectivity index (χ4v) is 2.38. The standard InChI is InChI=1S/C12H21N3/c1-3-15-9-10(2)14-12(15)8-13-11-6-4-5-7-11/h9,11,13H,3-8H2,1-2H3. The molecule has 1 aromatic heterocycles. The Morgan fingerprint density at radius 3 is 2.87 bits per heavy atom. The van der Waals surface area contributed by atoms with Crippen LogP contribution in [0.4, 0.5) is 0 Å². The van der Waals surface area contributed by atoms with E-state index < -0.39 is 0 Å². The van der Waals surface area contributed by atoms with E-state index in [0.29, 0.717) is 0 Å². The Balaban J connectivity index is 1.91. The fraction of sp³-hybridized carbons (Fsp3) is 0.750. The van der Waals surface area contributed by atoms with Gasteiger partial charge in [-0.05, 0) is 26.7 Å². The number of aryl methyl sites for hydroxylation is 2. The molecular formula is C12H21N3. The van der Waals surface area contributed by atoms with Crippen molar-refractivity contribution in [1.29, 1.82) is 0 Å². The van der Waals surface area contributed by atoms with E-state index in [1.807, 2.05) is 0 Å². The van der Waals surface area contributed by atoms with Crippen molar-refractivity contribution in [1.82, 2.24) is 14.9 Å². The molecule has 0 radical (unpaired) electrons. The van der Waals surface area contributed by atoms with Gasteiger partial charge in [0.25, 0.3) is 0 Å². The fourth-order valence-electron chi connectivity index (χ4n) is 2.38. The van der Waals surface area contributed by atoms with Crippen molar-refractivity contribution < 1.29 is 0 Å². The summed E-state index contributed by atoms with van der Waals surface area (Å²) >= 11 is 0. The Morgan fingerprint density at radius 1 is 1.47 bits per heavy atom. The van der Waals surface area contributed by atoms with E-state index in [0.717, 1.165) is 24.8 Å². The Labute approximate surface area is 91.9 Å². The molecule has 0 unspecified atom stereocenters. The first-order valence-corrected chi connectivity index (χ1v) is 6.05. The highest BCUT2D eigenvalue weighted by Crippen LogP contribution is 2.18. The number of nitrogens with zero attached hydrogens (tertiary/aromatic N) is 2. The first-order valence-electron chi connectivity index (χ1n) is 6.05. The van der Waals surface area contributed by atoms with Crippen molar-refractivity contribution >= 4 is 0 Å². The molecule has 0 aliphatic heterocycles. The van der Waals surface area contributed by atoms with Crippen LogP contribution in [-0.4, -0.2) is 15.6 Å². The van der Waals surface area contributed by atoms with Gasteiger partial charge in [-0.1, -0.05) is 12.8 Å². The zero-order valence-electron chi connectivity index (χ0n) is 9.79. The summed E-state index contributed by atoms with van der Waals surface area (Å²) in [6.07, 6.45) is 7.58. The Bertz CT molecular complexity index is 311. The average molecular weight is 207 g/mol. The van der Waals surface area contributed by atoms with E-state index in [1.54, 1.807) is 0 Å². The summed E-state index contributed by atoms with van der Waals surface area (Å²) < 4.78 is 2.23. The van der Waals surface area contributed by atoms with Crippen LogP contribution in [0.3, 0.4) is 0 Å². The van der Waals surface area contributed by atoms with Crippen molar-refractivity contribution in [2.24, 2.45) is 0 Å². The zero-order chi connectivity index (χ0) is 10.7. The summed E-state index contributed by atoms with van der Waals surface area (Å²) in [5.41, 5.74) is 1.13.